The maximum Gasteiger partial charge on any atom is 0.224 e. The number of carbonyl (C=O) groups excluding carboxylic acids is 1. The fourth-order valence-electron chi connectivity index (χ4n) is 3.22. The number of carbonyl (C=O) groups is 1. The van der Waals surface area contributed by atoms with E-state index in [4.69, 9.17) is 0 Å². The molecule has 120 valence electrons. The highest BCUT2D eigenvalue weighted by Crippen LogP contribution is 2.27. The third-order valence-corrected chi connectivity index (χ3v) is 4.74. The molecule has 0 radical (unpaired) electrons. The number of rotatable bonds is 5. The van der Waals surface area contributed by atoms with E-state index in [2.05, 4.69) is 35.9 Å². The molecule has 0 unspecified atom stereocenters. The predicted molar refractivity (Wildman–Crippen MR) is 95.3 cm³/mol. The van der Waals surface area contributed by atoms with Gasteiger partial charge in [-0.3, -0.25) is 4.79 Å². The van der Waals surface area contributed by atoms with Crippen molar-refractivity contribution in [2.75, 3.05) is 6.54 Å². The topological polar surface area (TPSA) is 44.9 Å². The van der Waals surface area contributed by atoms with Gasteiger partial charge in [0.1, 0.15) is 0 Å². The van der Waals surface area contributed by atoms with E-state index in [1.165, 1.54) is 11.1 Å². The summed E-state index contributed by atoms with van der Waals surface area (Å²) in [5.41, 5.74) is 4.74. The van der Waals surface area contributed by atoms with Crippen LogP contribution >= 0.6 is 0 Å². The number of aromatic nitrogens is 1. The predicted octanol–water partition coefficient (Wildman–Crippen LogP) is 4.13. The van der Waals surface area contributed by atoms with Crippen LogP contribution < -0.4 is 5.32 Å². The molecule has 3 rings (SSSR count). The molecule has 23 heavy (non-hydrogen) atoms. The molecule has 1 aromatic heterocycles. The number of nitrogens with one attached hydrogen (secondary N) is 2. The summed E-state index contributed by atoms with van der Waals surface area (Å²) >= 11 is 0. The van der Waals surface area contributed by atoms with Crippen LogP contribution in [0.2, 0.25) is 0 Å². The Hall–Kier alpha value is -2.29. The molecular weight excluding hydrogens is 284 g/mol. The Morgan fingerprint density at radius 1 is 1.39 bits per heavy atom. The first-order valence-corrected chi connectivity index (χ1v) is 8.28. The van der Waals surface area contributed by atoms with Gasteiger partial charge in [0, 0.05) is 23.6 Å². The largest absolute Gasteiger partial charge is 0.361 e. The van der Waals surface area contributed by atoms with Crippen LogP contribution in [0.4, 0.5) is 0 Å². The molecule has 0 saturated heterocycles. The Morgan fingerprint density at radius 2 is 2.22 bits per heavy atom. The molecular formula is C20H24N2O. The van der Waals surface area contributed by atoms with Crippen molar-refractivity contribution >= 4 is 16.8 Å². The van der Waals surface area contributed by atoms with Crippen molar-refractivity contribution in [1.82, 2.24) is 10.3 Å². The number of aromatic amines is 1. The number of allylic oxidation sites excluding steroid dienone is 2. The summed E-state index contributed by atoms with van der Waals surface area (Å²) in [7, 11) is 0. The van der Waals surface area contributed by atoms with E-state index in [1.807, 2.05) is 24.4 Å². The first-order chi connectivity index (χ1) is 11.1. The Kier molecular flexibility index (Phi) is 4.65. The van der Waals surface area contributed by atoms with E-state index in [-0.39, 0.29) is 5.91 Å². The monoisotopic (exact) mass is 308 g/mol. The highest BCUT2D eigenvalue weighted by molar-refractivity contribution is 5.88. The molecule has 3 nitrogen and oxygen atoms in total. The number of para-hydroxylation sites is 1. The van der Waals surface area contributed by atoms with E-state index in [0.29, 0.717) is 18.9 Å². The Bertz CT molecular complexity index is 754. The van der Waals surface area contributed by atoms with E-state index in [1.54, 1.807) is 0 Å². The number of amides is 1. The summed E-state index contributed by atoms with van der Waals surface area (Å²) in [6, 6.07) is 8.08. The summed E-state index contributed by atoms with van der Waals surface area (Å²) in [6.45, 7) is 6.82. The zero-order valence-electron chi connectivity index (χ0n) is 13.7. The first-order valence-electron chi connectivity index (χ1n) is 8.28. The van der Waals surface area contributed by atoms with Crippen LogP contribution in [0.3, 0.4) is 0 Å². The molecule has 3 heteroatoms. The molecule has 2 N–H and O–H groups in total. The third-order valence-electron chi connectivity index (χ3n) is 4.74. The van der Waals surface area contributed by atoms with Gasteiger partial charge >= 0.3 is 0 Å². The van der Waals surface area contributed by atoms with Gasteiger partial charge in [0.05, 0.1) is 6.42 Å². The fraction of sp³-hybridized carbons (Fsp3) is 0.350. The van der Waals surface area contributed by atoms with Crippen molar-refractivity contribution in [2.24, 2.45) is 5.92 Å². The molecule has 0 spiro atoms. The minimum Gasteiger partial charge on any atom is -0.361 e. The molecule has 2 aromatic rings. The van der Waals surface area contributed by atoms with Gasteiger partial charge < -0.3 is 10.3 Å². The van der Waals surface area contributed by atoms with Gasteiger partial charge in [-0.25, -0.2) is 0 Å². The van der Waals surface area contributed by atoms with Gasteiger partial charge in [-0.1, -0.05) is 42.0 Å². The zero-order chi connectivity index (χ0) is 16.2. The quantitative estimate of drug-likeness (QED) is 0.802. The molecule has 1 heterocycles. The summed E-state index contributed by atoms with van der Waals surface area (Å²) < 4.78 is 0. The van der Waals surface area contributed by atoms with Gasteiger partial charge in [-0.05, 0) is 43.7 Å². The molecule has 0 fully saturated rings. The van der Waals surface area contributed by atoms with Crippen LogP contribution in [-0.2, 0) is 11.2 Å². The average Bonchev–Trinajstić information content (AvgIpc) is 2.96. The summed E-state index contributed by atoms with van der Waals surface area (Å²) in [4.78, 5) is 15.4. The molecule has 1 aliphatic carbocycles. The molecule has 0 bridgehead atoms. The van der Waals surface area contributed by atoms with Crippen molar-refractivity contribution in [3.05, 3.63) is 59.8 Å². The Balaban J connectivity index is 1.53. The molecule has 0 aliphatic heterocycles. The molecule has 0 saturated carbocycles. The highest BCUT2D eigenvalue weighted by Gasteiger charge is 2.15. The van der Waals surface area contributed by atoms with Crippen molar-refractivity contribution < 1.29 is 4.79 Å². The van der Waals surface area contributed by atoms with Crippen LogP contribution in [0.25, 0.3) is 10.9 Å². The fourth-order valence-corrected chi connectivity index (χ4v) is 3.22. The maximum atomic E-state index is 12.2. The maximum absolute atomic E-state index is 12.2. The number of hydrogen-bond donors (Lipinski definition) is 2. The second-order valence-corrected chi connectivity index (χ2v) is 6.49. The van der Waals surface area contributed by atoms with Crippen molar-refractivity contribution in [3.8, 4) is 0 Å². The molecule has 1 amide bonds. The van der Waals surface area contributed by atoms with Gasteiger partial charge in [-0.2, -0.15) is 0 Å². The van der Waals surface area contributed by atoms with Crippen LogP contribution in [-0.4, -0.2) is 17.4 Å². The van der Waals surface area contributed by atoms with Gasteiger partial charge in [0.2, 0.25) is 5.91 Å². The summed E-state index contributed by atoms with van der Waals surface area (Å²) in [5.74, 6) is 0.693. The minimum atomic E-state index is 0.0812. The van der Waals surface area contributed by atoms with Crippen LogP contribution in [0.5, 0.6) is 0 Å². The highest BCUT2D eigenvalue weighted by atomic mass is 16.1. The SMILES string of the molecule is C=C(C)[C@H]1CC=C(CNC(=O)Cc2c[nH]c3ccccc23)CC1. The standard InChI is InChI=1S/C20H24N2O/c1-14(2)16-9-7-15(8-10-16)12-22-20(23)11-17-13-21-19-6-4-3-5-18(17)19/h3-7,13,16,21H,1,8-12H2,2H3,(H,22,23)/t16-/m0/s1. The zero-order valence-corrected chi connectivity index (χ0v) is 13.7. The Morgan fingerprint density at radius 3 is 2.96 bits per heavy atom. The lowest BCUT2D eigenvalue weighted by Gasteiger charge is -2.22. The second kappa shape index (κ2) is 6.86. The Labute approximate surface area is 137 Å². The van der Waals surface area contributed by atoms with E-state index < -0.39 is 0 Å². The molecule has 1 atom stereocenters. The van der Waals surface area contributed by atoms with Gasteiger partial charge in [0.25, 0.3) is 0 Å². The third kappa shape index (κ3) is 3.73. The van der Waals surface area contributed by atoms with Crippen molar-refractivity contribution in [1.29, 1.82) is 0 Å². The second-order valence-electron chi connectivity index (χ2n) is 6.49. The van der Waals surface area contributed by atoms with Crippen LogP contribution in [0.1, 0.15) is 31.7 Å². The molecule has 1 aliphatic rings. The average molecular weight is 308 g/mol. The van der Waals surface area contributed by atoms with E-state index in [0.717, 1.165) is 35.7 Å². The lowest BCUT2D eigenvalue weighted by molar-refractivity contribution is -0.120. The number of fused-ring (bicyclic) bond motifs is 1. The summed E-state index contributed by atoms with van der Waals surface area (Å²) in [5, 5.41) is 4.18. The van der Waals surface area contributed by atoms with Crippen LogP contribution in [0, 0.1) is 5.92 Å². The van der Waals surface area contributed by atoms with Crippen molar-refractivity contribution in [3.63, 3.8) is 0 Å². The lowest BCUT2D eigenvalue weighted by Crippen LogP contribution is -2.28. The van der Waals surface area contributed by atoms with Gasteiger partial charge in [-0.15, -0.1) is 0 Å². The number of H-pyrrole nitrogens is 1. The lowest BCUT2D eigenvalue weighted by atomic mass is 9.85. The summed E-state index contributed by atoms with van der Waals surface area (Å²) in [6.07, 6.45) is 7.90. The van der Waals surface area contributed by atoms with Crippen molar-refractivity contribution in [2.45, 2.75) is 32.6 Å². The number of hydrogen-bond acceptors (Lipinski definition) is 1. The number of benzene rings is 1. The van der Waals surface area contributed by atoms with Crippen LogP contribution in [0.15, 0.2) is 54.3 Å². The van der Waals surface area contributed by atoms with E-state index in [9.17, 15) is 4.79 Å². The molecule has 1 aromatic carbocycles. The minimum absolute atomic E-state index is 0.0812. The van der Waals surface area contributed by atoms with Gasteiger partial charge in [0.15, 0.2) is 0 Å². The normalized spacial score (nSPS) is 17.8. The first kappa shape index (κ1) is 15.6. The van der Waals surface area contributed by atoms with E-state index >= 15 is 0 Å². The smallest absolute Gasteiger partial charge is 0.224 e.